The molecule has 1 heterocycles. The fourth-order valence-corrected chi connectivity index (χ4v) is 1.09. The number of nitrogens with zero attached hydrogens (tertiary/aromatic N) is 2. The molecule has 0 fully saturated rings. The molecule has 0 aliphatic rings. The number of aromatic nitrogens is 2. The molecular formula is C9H12N2O3. The number of rotatable bonds is 3. The molecule has 1 atom stereocenters. The molecule has 0 aromatic carbocycles. The van der Waals surface area contributed by atoms with Gasteiger partial charge in [0.25, 0.3) is 0 Å². The van der Waals surface area contributed by atoms with Crippen molar-refractivity contribution in [2.45, 2.75) is 19.9 Å². The van der Waals surface area contributed by atoms with Crippen LogP contribution in [0.4, 0.5) is 0 Å². The highest BCUT2D eigenvalue weighted by Gasteiger charge is 2.17. The van der Waals surface area contributed by atoms with Crippen LogP contribution in [-0.4, -0.2) is 29.1 Å². The van der Waals surface area contributed by atoms with Crippen LogP contribution in [0, 0.1) is 6.92 Å². The molecule has 0 saturated carbocycles. The van der Waals surface area contributed by atoms with Crippen molar-refractivity contribution in [2.75, 3.05) is 7.11 Å². The standard InChI is InChI=1S/C9H12N2O3/c1-6-8(5-12)4-11(10-6)7(2)9(13)14-3/h4-5,7H,1-3H3. The quantitative estimate of drug-likeness (QED) is 0.528. The molecule has 0 N–H and O–H groups in total. The van der Waals surface area contributed by atoms with Gasteiger partial charge < -0.3 is 4.74 Å². The average molecular weight is 196 g/mol. The lowest BCUT2D eigenvalue weighted by molar-refractivity contribution is -0.144. The molecule has 1 unspecified atom stereocenters. The topological polar surface area (TPSA) is 61.2 Å². The largest absolute Gasteiger partial charge is 0.467 e. The van der Waals surface area contributed by atoms with Gasteiger partial charge in [0, 0.05) is 6.20 Å². The van der Waals surface area contributed by atoms with E-state index in [9.17, 15) is 9.59 Å². The lowest BCUT2D eigenvalue weighted by Gasteiger charge is -2.08. The molecule has 5 heteroatoms. The van der Waals surface area contributed by atoms with E-state index >= 15 is 0 Å². The van der Waals surface area contributed by atoms with E-state index in [4.69, 9.17) is 0 Å². The molecule has 0 bridgehead atoms. The summed E-state index contributed by atoms with van der Waals surface area (Å²) in [5.41, 5.74) is 1.09. The Hall–Kier alpha value is -1.65. The first kappa shape index (κ1) is 10.4. The van der Waals surface area contributed by atoms with Crippen molar-refractivity contribution >= 4 is 12.3 Å². The third-order valence-corrected chi connectivity index (χ3v) is 2.02. The van der Waals surface area contributed by atoms with E-state index in [0.29, 0.717) is 17.5 Å². The molecular weight excluding hydrogens is 184 g/mol. The number of esters is 1. The number of aldehydes is 1. The van der Waals surface area contributed by atoms with E-state index in [-0.39, 0.29) is 5.97 Å². The highest BCUT2D eigenvalue weighted by atomic mass is 16.5. The van der Waals surface area contributed by atoms with Gasteiger partial charge in [0.2, 0.25) is 0 Å². The first-order valence-corrected chi connectivity index (χ1v) is 4.19. The first-order chi connectivity index (χ1) is 6.60. The molecule has 0 aliphatic heterocycles. The summed E-state index contributed by atoms with van der Waals surface area (Å²) in [7, 11) is 1.32. The highest BCUT2D eigenvalue weighted by molar-refractivity contribution is 5.77. The third-order valence-electron chi connectivity index (χ3n) is 2.02. The van der Waals surface area contributed by atoms with Crippen LogP contribution in [0.25, 0.3) is 0 Å². The van der Waals surface area contributed by atoms with E-state index in [1.165, 1.54) is 18.0 Å². The molecule has 0 radical (unpaired) electrons. The Bertz CT molecular complexity index is 357. The second-order valence-corrected chi connectivity index (χ2v) is 2.97. The number of carbonyl (C=O) groups is 2. The molecule has 1 rings (SSSR count). The van der Waals surface area contributed by atoms with Gasteiger partial charge >= 0.3 is 5.97 Å². The average Bonchev–Trinajstić information content (AvgIpc) is 2.57. The Morgan fingerprint density at radius 3 is 2.79 bits per heavy atom. The smallest absolute Gasteiger partial charge is 0.330 e. The minimum absolute atomic E-state index is 0.384. The van der Waals surface area contributed by atoms with Gasteiger partial charge in [-0.3, -0.25) is 9.48 Å². The van der Waals surface area contributed by atoms with Crippen molar-refractivity contribution < 1.29 is 14.3 Å². The van der Waals surface area contributed by atoms with Crippen LogP contribution in [-0.2, 0) is 9.53 Å². The van der Waals surface area contributed by atoms with Gasteiger partial charge in [0.15, 0.2) is 6.29 Å². The van der Waals surface area contributed by atoms with Crippen LogP contribution >= 0.6 is 0 Å². The summed E-state index contributed by atoms with van der Waals surface area (Å²) in [6.07, 6.45) is 2.24. The molecule has 5 nitrogen and oxygen atoms in total. The number of aryl methyl sites for hydroxylation is 1. The summed E-state index contributed by atoms with van der Waals surface area (Å²) in [6, 6.07) is -0.507. The molecule has 0 spiro atoms. The zero-order chi connectivity index (χ0) is 10.7. The zero-order valence-electron chi connectivity index (χ0n) is 8.35. The predicted octanol–water partition coefficient (Wildman–Crippen LogP) is 0.738. The van der Waals surface area contributed by atoms with Gasteiger partial charge in [-0.25, -0.2) is 4.79 Å². The van der Waals surface area contributed by atoms with Gasteiger partial charge in [-0.1, -0.05) is 0 Å². The monoisotopic (exact) mass is 196 g/mol. The number of hydrogen-bond donors (Lipinski definition) is 0. The van der Waals surface area contributed by atoms with Crippen LogP contribution in [0.3, 0.4) is 0 Å². The van der Waals surface area contributed by atoms with Crippen molar-refractivity contribution in [3.05, 3.63) is 17.5 Å². The maximum Gasteiger partial charge on any atom is 0.330 e. The van der Waals surface area contributed by atoms with Crippen molar-refractivity contribution in [3.8, 4) is 0 Å². The predicted molar refractivity (Wildman–Crippen MR) is 49.1 cm³/mol. The summed E-state index contributed by atoms with van der Waals surface area (Å²) in [4.78, 5) is 21.7. The number of ether oxygens (including phenoxy) is 1. The Labute approximate surface area is 81.7 Å². The highest BCUT2D eigenvalue weighted by Crippen LogP contribution is 2.10. The summed E-state index contributed by atoms with van der Waals surface area (Å²) in [5.74, 6) is -0.384. The lowest BCUT2D eigenvalue weighted by atomic mass is 10.3. The Morgan fingerprint density at radius 1 is 1.71 bits per heavy atom. The molecule has 14 heavy (non-hydrogen) atoms. The SMILES string of the molecule is COC(=O)C(C)n1cc(C=O)c(C)n1. The van der Waals surface area contributed by atoms with Crippen LogP contribution in [0.5, 0.6) is 0 Å². The third kappa shape index (κ3) is 1.81. The molecule has 0 saturated heterocycles. The van der Waals surface area contributed by atoms with Crippen molar-refractivity contribution in [1.82, 2.24) is 9.78 Å². The van der Waals surface area contributed by atoms with Crippen molar-refractivity contribution in [3.63, 3.8) is 0 Å². The minimum atomic E-state index is -0.507. The first-order valence-electron chi connectivity index (χ1n) is 4.19. The van der Waals surface area contributed by atoms with Crippen LogP contribution in [0.15, 0.2) is 6.20 Å². The fourth-order valence-electron chi connectivity index (χ4n) is 1.09. The summed E-state index contributed by atoms with van der Waals surface area (Å²) >= 11 is 0. The van der Waals surface area contributed by atoms with Gasteiger partial charge in [-0.2, -0.15) is 5.10 Å². The van der Waals surface area contributed by atoms with E-state index in [1.807, 2.05) is 0 Å². The van der Waals surface area contributed by atoms with Gasteiger partial charge in [0.05, 0.1) is 18.4 Å². The Morgan fingerprint density at radius 2 is 2.36 bits per heavy atom. The molecule has 76 valence electrons. The zero-order valence-corrected chi connectivity index (χ0v) is 8.35. The van der Waals surface area contributed by atoms with Crippen molar-refractivity contribution in [1.29, 1.82) is 0 Å². The maximum atomic E-state index is 11.1. The van der Waals surface area contributed by atoms with Crippen LogP contribution in [0.1, 0.15) is 29.0 Å². The van der Waals surface area contributed by atoms with Gasteiger partial charge in [-0.05, 0) is 13.8 Å². The van der Waals surface area contributed by atoms with E-state index < -0.39 is 6.04 Å². The van der Waals surface area contributed by atoms with E-state index in [2.05, 4.69) is 9.84 Å². The Balaban J connectivity index is 2.96. The van der Waals surface area contributed by atoms with Gasteiger partial charge in [0.1, 0.15) is 6.04 Å². The number of hydrogen-bond acceptors (Lipinski definition) is 4. The summed E-state index contributed by atoms with van der Waals surface area (Å²) < 4.78 is 5.98. The summed E-state index contributed by atoms with van der Waals surface area (Å²) in [5, 5.41) is 4.04. The van der Waals surface area contributed by atoms with E-state index in [0.717, 1.165) is 0 Å². The molecule has 0 aliphatic carbocycles. The van der Waals surface area contributed by atoms with Crippen LogP contribution < -0.4 is 0 Å². The fraction of sp³-hybridized carbons (Fsp3) is 0.444. The minimum Gasteiger partial charge on any atom is -0.467 e. The number of methoxy groups -OCH3 is 1. The lowest BCUT2D eigenvalue weighted by Crippen LogP contribution is -2.18. The molecule has 1 aromatic rings. The van der Waals surface area contributed by atoms with E-state index in [1.54, 1.807) is 13.8 Å². The normalized spacial score (nSPS) is 12.2. The number of carbonyl (C=O) groups excluding carboxylic acids is 2. The molecule has 1 aromatic heterocycles. The van der Waals surface area contributed by atoms with Gasteiger partial charge in [-0.15, -0.1) is 0 Å². The van der Waals surface area contributed by atoms with Crippen LogP contribution in [0.2, 0.25) is 0 Å². The summed E-state index contributed by atoms with van der Waals surface area (Å²) in [6.45, 7) is 3.37. The second-order valence-electron chi connectivity index (χ2n) is 2.97. The Kier molecular flexibility index (Phi) is 3.01. The second kappa shape index (κ2) is 4.04. The van der Waals surface area contributed by atoms with Crippen molar-refractivity contribution in [2.24, 2.45) is 0 Å². The maximum absolute atomic E-state index is 11.1. The molecule has 0 amide bonds.